The maximum atomic E-state index is 13.2. The van der Waals surface area contributed by atoms with E-state index in [1.54, 1.807) is 49.6 Å². The second kappa shape index (κ2) is 9.54. The van der Waals surface area contributed by atoms with E-state index < -0.39 is 11.9 Å². The van der Waals surface area contributed by atoms with Crippen molar-refractivity contribution < 1.29 is 23.1 Å². The summed E-state index contributed by atoms with van der Waals surface area (Å²) in [4.78, 5) is 24.5. The smallest absolute Gasteiger partial charge is 0.261 e. The fourth-order valence-corrected chi connectivity index (χ4v) is 2.64. The molecule has 150 valence electrons. The number of rotatable bonds is 8. The van der Waals surface area contributed by atoms with Crippen molar-refractivity contribution in [3.63, 3.8) is 0 Å². The average Bonchev–Trinajstić information content (AvgIpc) is 3.24. The Kier molecular flexibility index (Phi) is 6.63. The Morgan fingerprint density at radius 1 is 1.03 bits per heavy atom. The molecule has 3 aromatic rings. The highest BCUT2D eigenvalue weighted by Crippen LogP contribution is 2.14. The molecule has 0 fully saturated rings. The van der Waals surface area contributed by atoms with Crippen LogP contribution in [0.15, 0.2) is 71.3 Å². The topological polar surface area (TPSA) is 80.6 Å². The van der Waals surface area contributed by atoms with Gasteiger partial charge in [-0.1, -0.05) is 18.2 Å². The number of furan rings is 1. The third-order valence-electron chi connectivity index (χ3n) is 4.14. The van der Waals surface area contributed by atoms with E-state index in [9.17, 15) is 14.0 Å². The lowest BCUT2D eigenvalue weighted by molar-refractivity contribution is -0.127. The summed E-state index contributed by atoms with van der Waals surface area (Å²) in [7, 11) is 0. The molecule has 1 unspecified atom stereocenters. The zero-order valence-electron chi connectivity index (χ0n) is 15.9. The highest BCUT2D eigenvalue weighted by molar-refractivity contribution is 5.94. The van der Waals surface area contributed by atoms with Gasteiger partial charge in [0.1, 0.15) is 17.3 Å². The van der Waals surface area contributed by atoms with Crippen LogP contribution < -0.4 is 15.4 Å². The number of halogens is 1. The summed E-state index contributed by atoms with van der Waals surface area (Å²) >= 11 is 0. The molecule has 3 rings (SSSR count). The average molecular weight is 396 g/mol. The Morgan fingerprint density at radius 2 is 1.86 bits per heavy atom. The van der Waals surface area contributed by atoms with Crippen molar-refractivity contribution in [3.8, 4) is 5.75 Å². The van der Waals surface area contributed by atoms with Gasteiger partial charge in [0.05, 0.1) is 12.8 Å². The molecule has 2 amide bonds. The van der Waals surface area contributed by atoms with Crippen LogP contribution in [0.3, 0.4) is 0 Å². The Labute approximate surface area is 167 Å². The summed E-state index contributed by atoms with van der Waals surface area (Å²) < 4.78 is 23.8. The van der Waals surface area contributed by atoms with E-state index >= 15 is 0 Å². The molecule has 7 heteroatoms. The van der Waals surface area contributed by atoms with E-state index in [1.807, 2.05) is 6.07 Å². The standard InChI is InChI=1S/C22H21FN2O4/c1-15(29-19-8-3-7-18(23)12-19)21(26)24-13-16-5-2-6-17(11-16)22(27)25-14-20-9-4-10-28-20/h2-12,15H,13-14H2,1H3,(H,24,26)(H,25,27). The Bertz CT molecular complexity index is 972. The molecule has 0 saturated heterocycles. The minimum absolute atomic E-state index is 0.231. The van der Waals surface area contributed by atoms with Crippen LogP contribution >= 0.6 is 0 Å². The summed E-state index contributed by atoms with van der Waals surface area (Å²) in [5.41, 5.74) is 1.24. The largest absolute Gasteiger partial charge is 0.481 e. The van der Waals surface area contributed by atoms with E-state index in [0.717, 1.165) is 5.56 Å². The number of ether oxygens (including phenoxy) is 1. The van der Waals surface area contributed by atoms with Crippen molar-refractivity contribution in [1.82, 2.24) is 10.6 Å². The van der Waals surface area contributed by atoms with Crippen LogP contribution in [-0.2, 0) is 17.9 Å². The van der Waals surface area contributed by atoms with Crippen molar-refractivity contribution >= 4 is 11.8 Å². The fourth-order valence-electron chi connectivity index (χ4n) is 2.64. The monoisotopic (exact) mass is 396 g/mol. The molecule has 1 aromatic heterocycles. The lowest BCUT2D eigenvalue weighted by Gasteiger charge is -2.15. The first kappa shape index (κ1) is 20.1. The van der Waals surface area contributed by atoms with Gasteiger partial charge in [-0.15, -0.1) is 0 Å². The Balaban J connectivity index is 1.51. The zero-order chi connectivity index (χ0) is 20.6. The van der Waals surface area contributed by atoms with Crippen LogP contribution in [0, 0.1) is 5.82 Å². The van der Waals surface area contributed by atoms with Crippen LogP contribution in [0.2, 0.25) is 0 Å². The van der Waals surface area contributed by atoms with Gasteiger partial charge in [-0.05, 0) is 48.9 Å². The summed E-state index contributed by atoms with van der Waals surface area (Å²) in [6.07, 6.45) is 0.751. The second-order valence-corrected chi connectivity index (χ2v) is 6.40. The van der Waals surface area contributed by atoms with Gasteiger partial charge in [-0.2, -0.15) is 0 Å². The molecule has 29 heavy (non-hydrogen) atoms. The Hall–Kier alpha value is -3.61. The number of amides is 2. The molecule has 0 bridgehead atoms. The number of nitrogens with one attached hydrogen (secondary N) is 2. The van der Waals surface area contributed by atoms with Gasteiger partial charge >= 0.3 is 0 Å². The third kappa shape index (κ3) is 5.93. The predicted molar refractivity (Wildman–Crippen MR) is 105 cm³/mol. The summed E-state index contributed by atoms with van der Waals surface area (Å²) in [5, 5.41) is 5.52. The lowest BCUT2D eigenvalue weighted by Crippen LogP contribution is -2.36. The molecule has 0 radical (unpaired) electrons. The summed E-state index contributed by atoms with van der Waals surface area (Å²) in [6, 6.07) is 16.1. The van der Waals surface area contributed by atoms with Crippen molar-refractivity contribution in [2.24, 2.45) is 0 Å². The minimum atomic E-state index is -0.795. The van der Waals surface area contributed by atoms with E-state index in [0.29, 0.717) is 17.9 Å². The van der Waals surface area contributed by atoms with Crippen molar-refractivity contribution in [2.45, 2.75) is 26.1 Å². The fraction of sp³-hybridized carbons (Fsp3) is 0.182. The Morgan fingerprint density at radius 3 is 2.62 bits per heavy atom. The number of hydrogen-bond acceptors (Lipinski definition) is 4. The molecule has 2 aromatic carbocycles. The van der Waals surface area contributed by atoms with Gasteiger partial charge in [0.2, 0.25) is 0 Å². The highest BCUT2D eigenvalue weighted by Gasteiger charge is 2.15. The number of benzene rings is 2. The molecule has 0 spiro atoms. The maximum absolute atomic E-state index is 13.2. The molecule has 0 aliphatic heterocycles. The molecule has 0 aliphatic carbocycles. The first-order valence-electron chi connectivity index (χ1n) is 9.11. The SMILES string of the molecule is CC(Oc1cccc(F)c1)C(=O)NCc1cccc(C(=O)NCc2ccco2)c1. The molecule has 0 aliphatic rings. The minimum Gasteiger partial charge on any atom is -0.481 e. The number of carbonyl (C=O) groups excluding carboxylic acids is 2. The molecular formula is C22H21FN2O4. The first-order chi connectivity index (χ1) is 14.0. The van der Waals surface area contributed by atoms with Crippen LogP contribution in [-0.4, -0.2) is 17.9 Å². The van der Waals surface area contributed by atoms with Gasteiger partial charge in [0.15, 0.2) is 6.10 Å². The molecule has 1 heterocycles. The second-order valence-electron chi connectivity index (χ2n) is 6.40. The maximum Gasteiger partial charge on any atom is 0.261 e. The van der Waals surface area contributed by atoms with Gasteiger partial charge in [-0.3, -0.25) is 9.59 Å². The quantitative estimate of drug-likeness (QED) is 0.611. The van der Waals surface area contributed by atoms with Crippen molar-refractivity contribution in [3.05, 3.63) is 89.6 Å². The normalized spacial score (nSPS) is 11.5. The zero-order valence-corrected chi connectivity index (χ0v) is 15.9. The van der Waals surface area contributed by atoms with Gasteiger partial charge in [0.25, 0.3) is 11.8 Å². The van der Waals surface area contributed by atoms with E-state index in [2.05, 4.69) is 10.6 Å². The molecular weight excluding hydrogens is 375 g/mol. The van der Waals surface area contributed by atoms with Crippen LogP contribution in [0.1, 0.15) is 28.6 Å². The first-order valence-corrected chi connectivity index (χ1v) is 9.11. The van der Waals surface area contributed by atoms with Crippen LogP contribution in [0.4, 0.5) is 4.39 Å². The van der Waals surface area contributed by atoms with Crippen LogP contribution in [0.5, 0.6) is 5.75 Å². The summed E-state index contributed by atoms with van der Waals surface area (Å²) in [5.74, 6) is -0.0755. The van der Waals surface area contributed by atoms with E-state index in [4.69, 9.17) is 9.15 Å². The van der Waals surface area contributed by atoms with Gasteiger partial charge in [-0.25, -0.2) is 4.39 Å². The van der Waals surface area contributed by atoms with Crippen molar-refractivity contribution in [2.75, 3.05) is 0 Å². The predicted octanol–water partition coefficient (Wildman–Crippen LogP) is 3.43. The molecule has 6 nitrogen and oxygen atoms in total. The number of hydrogen-bond donors (Lipinski definition) is 2. The highest BCUT2D eigenvalue weighted by atomic mass is 19.1. The molecule has 0 saturated carbocycles. The van der Waals surface area contributed by atoms with E-state index in [1.165, 1.54) is 18.2 Å². The van der Waals surface area contributed by atoms with Crippen LogP contribution in [0.25, 0.3) is 0 Å². The lowest BCUT2D eigenvalue weighted by atomic mass is 10.1. The van der Waals surface area contributed by atoms with Gasteiger partial charge in [0, 0.05) is 18.2 Å². The molecule has 1 atom stereocenters. The third-order valence-corrected chi connectivity index (χ3v) is 4.14. The number of carbonyl (C=O) groups is 2. The van der Waals surface area contributed by atoms with Gasteiger partial charge < -0.3 is 19.8 Å². The molecule has 2 N–H and O–H groups in total. The van der Waals surface area contributed by atoms with E-state index in [-0.39, 0.29) is 24.1 Å². The van der Waals surface area contributed by atoms with Crippen molar-refractivity contribution in [1.29, 1.82) is 0 Å². The summed E-state index contributed by atoms with van der Waals surface area (Å²) in [6.45, 7) is 2.11.